The SMILES string of the molecule is O=C(NCCSCc1cccs1)c1ccsc1. The monoisotopic (exact) mass is 283 g/mol. The molecule has 0 saturated heterocycles. The van der Waals surface area contributed by atoms with Gasteiger partial charge in [-0.15, -0.1) is 11.3 Å². The molecule has 5 heteroatoms. The van der Waals surface area contributed by atoms with Gasteiger partial charge in [0.15, 0.2) is 0 Å². The van der Waals surface area contributed by atoms with E-state index in [9.17, 15) is 4.79 Å². The Morgan fingerprint density at radius 2 is 2.29 bits per heavy atom. The molecule has 90 valence electrons. The molecule has 2 aromatic heterocycles. The van der Waals surface area contributed by atoms with Crippen LogP contribution in [-0.2, 0) is 5.75 Å². The zero-order chi connectivity index (χ0) is 11.9. The lowest BCUT2D eigenvalue weighted by atomic mass is 10.3. The van der Waals surface area contributed by atoms with Crippen LogP contribution >= 0.6 is 34.4 Å². The van der Waals surface area contributed by atoms with Gasteiger partial charge < -0.3 is 5.32 Å². The van der Waals surface area contributed by atoms with Crippen molar-refractivity contribution >= 4 is 40.3 Å². The summed E-state index contributed by atoms with van der Waals surface area (Å²) in [5.41, 5.74) is 0.762. The molecule has 0 saturated carbocycles. The summed E-state index contributed by atoms with van der Waals surface area (Å²) in [5, 5.41) is 8.79. The summed E-state index contributed by atoms with van der Waals surface area (Å²) in [5.74, 6) is 2.02. The number of rotatable bonds is 6. The fraction of sp³-hybridized carbons (Fsp3) is 0.250. The van der Waals surface area contributed by atoms with Crippen molar-refractivity contribution in [1.29, 1.82) is 0 Å². The van der Waals surface area contributed by atoms with Crippen LogP contribution in [0, 0.1) is 0 Å². The number of nitrogens with one attached hydrogen (secondary N) is 1. The predicted molar refractivity (Wildman–Crippen MR) is 77.1 cm³/mol. The van der Waals surface area contributed by atoms with Gasteiger partial charge in [-0.1, -0.05) is 6.07 Å². The topological polar surface area (TPSA) is 29.1 Å². The molecule has 2 aromatic rings. The maximum atomic E-state index is 11.6. The van der Waals surface area contributed by atoms with E-state index in [1.54, 1.807) is 22.7 Å². The molecule has 0 aliphatic rings. The molecular weight excluding hydrogens is 270 g/mol. The number of carbonyl (C=O) groups excluding carboxylic acids is 1. The smallest absolute Gasteiger partial charge is 0.252 e. The largest absolute Gasteiger partial charge is 0.351 e. The molecule has 0 fully saturated rings. The van der Waals surface area contributed by atoms with Gasteiger partial charge in [-0.2, -0.15) is 23.1 Å². The third-order valence-electron chi connectivity index (χ3n) is 2.14. The summed E-state index contributed by atoms with van der Waals surface area (Å²) in [7, 11) is 0. The lowest BCUT2D eigenvalue weighted by Gasteiger charge is -2.03. The summed E-state index contributed by atoms with van der Waals surface area (Å²) in [4.78, 5) is 13.0. The van der Waals surface area contributed by atoms with Crippen LogP contribution in [0.5, 0.6) is 0 Å². The fourth-order valence-electron chi connectivity index (χ4n) is 1.30. The zero-order valence-corrected chi connectivity index (χ0v) is 11.7. The first-order valence-electron chi connectivity index (χ1n) is 5.27. The number of hydrogen-bond donors (Lipinski definition) is 1. The standard InChI is InChI=1S/C12H13NOS3/c14-12(10-3-6-15-8-10)13-4-7-16-9-11-2-1-5-17-11/h1-3,5-6,8H,4,7,9H2,(H,13,14). The molecule has 1 amide bonds. The van der Waals surface area contributed by atoms with Crippen molar-refractivity contribution in [1.82, 2.24) is 5.32 Å². The van der Waals surface area contributed by atoms with Crippen LogP contribution in [0.2, 0.25) is 0 Å². The molecule has 2 rings (SSSR count). The van der Waals surface area contributed by atoms with Crippen LogP contribution in [0.1, 0.15) is 15.2 Å². The number of thioether (sulfide) groups is 1. The molecule has 0 aliphatic heterocycles. The van der Waals surface area contributed by atoms with Crippen molar-refractivity contribution in [3.63, 3.8) is 0 Å². The Bertz CT molecular complexity index is 436. The molecular formula is C12H13NOS3. The minimum Gasteiger partial charge on any atom is -0.351 e. The summed E-state index contributed by atoms with van der Waals surface area (Å²) >= 11 is 5.17. The first-order chi connectivity index (χ1) is 8.36. The Kier molecular flexibility index (Phi) is 5.09. The highest BCUT2D eigenvalue weighted by Gasteiger charge is 2.03. The van der Waals surface area contributed by atoms with Crippen LogP contribution in [0.25, 0.3) is 0 Å². The van der Waals surface area contributed by atoms with E-state index < -0.39 is 0 Å². The van der Waals surface area contributed by atoms with E-state index in [1.807, 2.05) is 28.6 Å². The first kappa shape index (κ1) is 12.7. The highest BCUT2D eigenvalue weighted by Crippen LogP contribution is 2.16. The van der Waals surface area contributed by atoms with Gasteiger partial charge in [-0.3, -0.25) is 4.79 Å². The summed E-state index contributed by atoms with van der Waals surface area (Å²) < 4.78 is 0. The minimum absolute atomic E-state index is 0.0305. The predicted octanol–water partition coefficient (Wildman–Crippen LogP) is 3.47. The van der Waals surface area contributed by atoms with Gasteiger partial charge in [0.2, 0.25) is 0 Å². The second-order valence-corrected chi connectivity index (χ2v) is 6.32. The lowest BCUT2D eigenvalue weighted by molar-refractivity contribution is 0.0956. The number of thiophene rings is 2. The third-order valence-corrected chi connectivity index (χ3v) is 4.89. The Balaban J connectivity index is 1.59. The second-order valence-electron chi connectivity index (χ2n) is 3.40. The van der Waals surface area contributed by atoms with E-state index in [-0.39, 0.29) is 5.91 Å². The summed E-state index contributed by atoms with van der Waals surface area (Å²) in [6, 6.07) is 6.05. The molecule has 0 aromatic carbocycles. The molecule has 1 N–H and O–H groups in total. The molecule has 2 heterocycles. The fourth-order valence-corrected chi connectivity index (χ4v) is 3.64. The third kappa shape index (κ3) is 4.18. The van der Waals surface area contributed by atoms with Gasteiger partial charge in [0.1, 0.15) is 0 Å². The van der Waals surface area contributed by atoms with Gasteiger partial charge in [-0.05, 0) is 22.9 Å². The summed E-state index contributed by atoms with van der Waals surface area (Å²) in [6.45, 7) is 0.727. The molecule has 17 heavy (non-hydrogen) atoms. The Morgan fingerprint density at radius 3 is 3.00 bits per heavy atom. The Morgan fingerprint density at radius 1 is 1.35 bits per heavy atom. The van der Waals surface area contributed by atoms with Gasteiger partial charge in [0.25, 0.3) is 5.91 Å². The highest BCUT2D eigenvalue weighted by atomic mass is 32.2. The van der Waals surface area contributed by atoms with E-state index in [1.165, 1.54) is 4.88 Å². The Labute approximate surface area is 113 Å². The lowest BCUT2D eigenvalue weighted by Crippen LogP contribution is -2.25. The van der Waals surface area contributed by atoms with Crippen molar-refractivity contribution in [3.05, 3.63) is 44.8 Å². The van der Waals surface area contributed by atoms with Crippen LogP contribution in [0.4, 0.5) is 0 Å². The van der Waals surface area contributed by atoms with Gasteiger partial charge >= 0.3 is 0 Å². The van der Waals surface area contributed by atoms with E-state index in [4.69, 9.17) is 0 Å². The van der Waals surface area contributed by atoms with Crippen LogP contribution in [0.15, 0.2) is 34.3 Å². The molecule has 0 spiro atoms. The van der Waals surface area contributed by atoms with E-state index >= 15 is 0 Å². The van der Waals surface area contributed by atoms with E-state index in [0.29, 0.717) is 0 Å². The van der Waals surface area contributed by atoms with Crippen LogP contribution in [-0.4, -0.2) is 18.2 Å². The van der Waals surface area contributed by atoms with Crippen molar-refractivity contribution < 1.29 is 4.79 Å². The highest BCUT2D eigenvalue weighted by molar-refractivity contribution is 7.98. The van der Waals surface area contributed by atoms with Crippen molar-refractivity contribution in [2.45, 2.75) is 5.75 Å². The molecule has 0 aliphatic carbocycles. The average Bonchev–Trinajstić information content (AvgIpc) is 3.01. The van der Waals surface area contributed by atoms with Crippen molar-refractivity contribution in [3.8, 4) is 0 Å². The van der Waals surface area contributed by atoms with Crippen LogP contribution in [0.3, 0.4) is 0 Å². The quantitative estimate of drug-likeness (QED) is 0.822. The average molecular weight is 283 g/mol. The van der Waals surface area contributed by atoms with Crippen molar-refractivity contribution in [2.24, 2.45) is 0 Å². The minimum atomic E-state index is 0.0305. The van der Waals surface area contributed by atoms with E-state index in [2.05, 4.69) is 22.8 Å². The number of amides is 1. The van der Waals surface area contributed by atoms with Crippen molar-refractivity contribution in [2.75, 3.05) is 12.3 Å². The number of carbonyl (C=O) groups is 1. The maximum absolute atomic E-state index is 11.6. The van der Waals surface area contributed by atoms with E-state index in [0.717, 1.165) is 23.6 Å². The van der Waals surface area contributed by atoms with Gasteiger partial charge in [-0.25, -0.2) is 0 Å². The number of hydrogen-bond acceptors (Lipinski definition) is 4. The molecule has 0 radical (unpaired) electrons. The second kappa shape index (κ2) is 6.83. The van der Waals surface area contributed by atoms with Gasteiger partial charge in [0, 0.05) is 33.9 Å². The molecule has 0 atom stereocenters. The molecule has 0 bridgehead atoms. The zero-order valence-electron chi connectivity index (χ0n) is 9.22. The van der Waals surface area contributed by atoms with Crippen LogP contribution < -0.4 is 5.32 Å². The maximum Gasteiger partial charge on any atom is 0.252 e. The Hall–Kier alpha value is -0.780. The molecule has 0 unspecified atom stereocenters. The summed E-state index contributed by atoms with van der Waals surface area (Å²) in [6.07, 6.45) is 0. The normalized spacial score (nSPS) is 10.4. The van der Waals surface area contributed by atoms with Gasteiger partial charge in [0.05, 0.1) is 0 Å². The molecule has 2 nitrogen and oxygen atoms in total. The first-order valence-corrected chi connectivity index (χ1v) is 8.24.